The number of fused-ring (bicyclic) bond motifs is 1. The van der Waals surface area contributed by atoms with Crippen LogP contribution in [0.4, 0.5) is 15.3 Å². The molecule has 5 rings (SSSR count). The lowest BCUT2D eigenvalue weighted by atomic mass is 9.91. The standard InChI is InChI=1S/C29H37FN6O2S2/c1-5-25-28(34(4)29-32-26(20-39-29)22-7-10-24(30)11-8-22)36-19-23(9-12-27(36)31-25)21-13-16-35(17-14-21)40(37,38)18-6-15-33(2)3/h7-12,19-21H,5-6,13-18H2,1-4H3/p+1. The van der Waals surface area contributed by atoms with Gasteiger partial charge in [0.25, 0.3) is 5.82 Å². The Labute approximate surface area is 240 Å². The maximum atomic E-state index is 13.4. The zero-order chi connectivity index (χ0) is 28.4. The van der Waals surface area contributed by atoms with Gasteiger partial charge >= 0.3 is 0 Å². The summed E-state index contributed by atoms with van der Waals surface area (Å²) >= 11 is 1.55. The highest BCUT2D eigenvalue weighted by atomic mass is 32.2. The van der Waals surface area contributed by atoms with E-state index in [-0.39, 0.29) is 11.6 Å². The summed E-state index contributed by atoms with van der Waals surface area (Å²) in [5.74, 6) is 1.27. The molecule has 1 aromatic carbocycles. The first-order chi connectivity index (χ1) is 19.2. The number of aryl methyl sites for hydroxylation is 1. The van der Waals surface area contributed by atoms with Gasteiger partial charge in [0.1, 0.15) is 11.5 Å². The number of nitrogens with zero attached hydrogens (tertiary/aromatic N) is 5. The zero-order valence-corrected chi connectivity index (χ0v) is 25.2. The lowest BCUT2D eigenvalue weighted by Crippen LogP contribution is -2.40. The number of halogens is 1. The molecule has 4 heterocycles. The van der Waals surface area contributed by atoms with E-state index in [9.17, 15) is 12.8 Å². The lowest BCUT2D eigenvalue weighted by molar-refractivity contribution is -0.497. The number of benzene rings is 1. The number of hydrogen-bond donors (Lipinski definition) is 1. The molecule has 3 aromatic heterocycles. The Morgan fingerprint density at radius 3 is 2.52 bits per heavy atom. The highest BCUT2D eigenvalue weighted by Gasteiger charge is 2.30. The molecule has 8 nitrogen and oxygen atoms in total. The molecular formula is C29H38FN6O2S2+. The average molecular weight is 586 g/mol. The Bertz CT molecular complexity index is 1560. The van der Waals surface area contributed by atoms with Gasteiger partial charge in [-0.05, 0) is 81.7 Å². The summed E-state index contributed by atoms with van der Waals surface area (Å²) in [5, 5.41) is 2.85. The lowest BCUT2D eigenvalue weighted by Gasteiger charge is -2.31. The smallest absolute Gasteiger partial charge is 0.270 e. The van der Waals surface area contributed by atoms with Crippen molar-refractivity contribution in [2.45, 2.75) is 38.5 Å². The summed E-state index contributed by atoms with van der Waals surface area (Å²) in [7, 11) is 2.73. The fourth-order valence-electron chi connectivity index (χ4n) is 5.42. The normalized spacial score (nSPS) is 15.3. The van der Waals surface area contributed by atoms with Gasteiger partial charge in [-0.15, -0.1) is 0 Å². The predicted octanol–water partition coefficient (Wildman–Crippen LogP) is 4.81. The van der Waals surface area contributed by atoms with Crippen molar-refractivity contribution in [2.24, 2.45) is 0 Å². The Balaban J connectivity index is 1.35. The van der Waals surface area contributed by atoms with Crippen LogP contribution in [-0.4, -0.2) is 74.1 Å². The fraction of sp³-hybridized carbons (Fsp3) is 0.448. The van der Waals surface area contributed by atoms with Gasteiger partial charge in [0, 0.05) is 36.5 Å². The van der Waals surface area contributed by atoms with Crippen molar-refractivity contribution >= 4 is 38.0 Å². The molecule has 0 spiro atoms. The molecule has 1 aliphatic rings. The molecule has 0 saturated carbocycles. The number of H-pyrrole nitrogens is 1. The molecule has 1 aliphatic heterocycles. The van der Waals surface area contributed by atoms with Gasteiger partial charge in [-0.25, -0.2) is 31.4 Å². The Morgan fingerprint density at radius 2 is 1.85 bits per heavy atom. The van der Waals surface area contributed by atoms with E-state index in [0.717, 1.165) is 59.4 Å². The summed E-state index contributed by atoms with van der Waals surface area (Å²) < 4.78 is 43.0. The molecule has 4 aromatic rings. The van der Waals surface area contributed by atoms with Gasteiger partial charge in [0.05, 0.1) is 24.7 Å². The minimum Gasteiger partial charge on any atom is -0.309 e. The molecule has 1 N–H and O–H groups in total. The average Bonchev–Trinajstić information content (AvgIpc) is 3.58. The number of imidazole rings is 1. The van der Waals surface area contributed by atoms with E-state index in [1.165, 1.54) is 17.7 Å². The monoisotopic (exact) mass is 585 g/mol. The maximum Gasteiger partial charge on any atom is 0.270 e. The molecule has 0 radical (unpaired) electrons. The summed E-state index contributed by atoms with van der Waals surface area (Å²) in [6.45, 7) is 4.02. The van der Waals surface area contributed by atoms with Crippen molar-refractivity contribution in [1.82, 2.24) is 19.2 Å². The quantitative estimate of drug-likeness (QED) is 0.271. The number of aromatic nitrogens is 3. The Kier molecular flexibility index (Phi) is 8.55. The second kappa shape index (κ2) is 11.9. The van der Waals surface area contributed by atoms with Crippen LogP contribution in [-0.2, 0) is 16.4 Å². The Hall–Kier alpha value is -2.86. The van der Waals surface area contributed by atoms with E-state index in [2.05, 4.69) is 39.5 Å². The summed E-state index contributed by atoms with van der Waals surface area (Å²) in [5.41, 5.74) is 5.02. The number of aromatic amines is 1. The first-order valence-corrected chi connectivity index (χ1v) is 16.3. The minimum atomic E-state index is -3.22. The van der Waals surface area contributed by atoms with Crippen molar-refractivity contribution in [1.29, 1.82) is 0 Å². The number of piperidine rings is 1. The van der Waals surface area contributed by atoms with Crippen LogP contribution >= 0.6 is 11.3 Å². The number of nitrogens with one attached hydrogen (secondary N) is 1. The maximum absolute atomic E-state index is 13.4. The van der Waals surface area contributed by atoms with Crippen molar-refractivity contribution in [3.63, 3.8) is 0 Å². The van der Waals surface area contributed by atoms with Crippen LogP contribution in [0.5, 0.6) is 0 Å². The van der Waals surface area contributed by atoms with Gasteiger partial charge in [0.2, 0.25) is 20.8 Å². The molecule has 0 amide bonds. The van der Waals surface area contributed by atoms with Crippen molar-refractivity contribution in [3.8, 4) is 11.3 Å². The molecule has 0 aliphatic carbocycles. The van der Waals surface area contributed by atoms with Crippen LogP contribution in [0.1, 0.15) is 43.4 Å². The third-order valence-electron chi connectivity index (χ3n) is 7.66. The zero-order valence-electron chi connectivity index (χ0n) is 23.6. The highest BCUT2D eigenvalue weighted by molar-refractivity contribution is 7.89. The summed E-state index contributed by atoms with van der Waals surface area (Å²) in [4.78, 5) is 12.5. The molecule has 40 heavy (non-hydrogen) atoms. The van der Waals surface area contributed by atoms with Gasteiger partial charge in [-0.1, -0.05) is 18.3 Å². The Morgan fingerprint density at radius 1 is 1.12 bits per heavy atom. The van der Waals surface area contributed by atoms with Crippen molar-refractivity contribution in [3.05, 3.63) is 65.0 Å². The third kappa shape index (κ3) is 6.07. The topological polar surface area (TPSA) is 76.6 Å². The molecular weight excluding hydrogens is 547 g/mol. The number of thiazole rings is 1. The van der Waals surface area contributed by atoms with Gasteiger partial charge in [0.15, 0.2) is 0 Å². The second-order valence-electron chi connectivity index (χ2n) is 10.7. The number of hydrogen-bond acceptors (Lipinski definition) is 6. The molecule has 1 fully saturated rings. The van der Waals surface area contributed by atoms with E-state index in [1.54, 1.807) is 27.8 Å². The first kappa shape index (κ1) is 28.7. The molecule has 11 heteroatoms. The van der Waals surface area contributed by atoms with E-state index in [0.29, 0.717) is 25.4 Å². The van der Waals surface area contributed by atoms with E-state index in [4.69, 9.17) is 4.98 Å². The number of rotatable bonds is 10. The third-order valence-corrected chi connectivity index (χ3v) is 10.5. The molecule has 1 saturated heterocycles. The van der Waals surface area contributed by atoms with Gasteiger partial charge in [-0.2, -0.15) is 0 Å². The van der Waals surface area contributed by atoms with E-state index < -0.39 is 10.0 Å². The van der Waals surface area contributed by atoms with Crippen LogP contribution in [0.25, 0.3) is 16.9 Å². The largest absolute Gasteiger partial charge is 0.309 e. The fourth-order valence-corrected chi connectivity index (χ4v) is 7.74. The second-order valence-corrected chi connectivity index (χ2v) is 13.7. The van der Waals surface area contributed by atoms with Crippen LogP contribution in [0.2, 0.25) is 0 Å². The molecule has 0 unspecified atom stereocenters. The molecule has 0 bridgehead atoms. The number of sulfonamides is 1. The number of pyridine rings is 1. The SMILES string of the molecule is CCc1[nH]c2ccc(C3CCN(S(=O)(=O)CCCN(C)C)CC3)c[n+]2c1N(C)c1nc(-c2ccc(F)cc2)cs1. The summed E-state index contributed by atoms with van der Waals surface area (Å²) in [6.07, 6.45) is 5.29. The summed E-state index contributed by atoms with van der Waals surface area (Å²) in [6, 6.07) is 10.7. The van der Waals surface area contributed by atoms with Crippen LogP contribution in [0, 0.1) is 5.82 Å². The first-order valence-electron chi connectivity index (χ1n) is 13.8. The van der Waals surface area contributed by atoms with Gasteiger partial charge < -0.3 is 4.90 Å². The molecule has 0 atom stereocenters. The van der Waals surface area contributed by atoms with E-state index >= 15 is 0 Å². The highest BCUT2D eigenvalue weighted by Crippen LogP contribution is 2.33. The van der Waals surface area contributed by atoms with Crippen LogP contribution < -0.4 is 9.30 Å². The van der Waals surface area contributed by atoms with Crippen molar-refractivity contribution in [2.75, 3.05) is 51.4 Å². The van der Waals surface area contributed by atoms with Crippen molar-refractivity contribution < 1.29 is 17.2 Å². The van der Waals surface area contributed by atoms with Crippen LogP contribution in [0.3, 0.4) is 0 Å². The van der Waals surface area contributed by atoms with Crippen LogP contribution in [0.15, 0.2) is 48.0 Å². The predicted molar refractivity (Wildman–Crippen MR) is 159 cm³/mol. The number of anilines is 2. The van der Waals surface area contributed by atoms with Gasteiger partial charge in [-0.3, -0.25) is 4.98 Å². The molecule has 214 valence electrons. The minimum absolute atomic E-state index is 0.204. The van der Waals surface area contributed by atoms with E-state index in [1.807, 2.05) is 31.4 Å².